The Morgan fingerprint density at radius 1 is 1.75 bits per heavy atom. The van der Waals surface area contributed by atoms with Gasteiger partial charge >= 0.3 is 0 Å². The molecule has 0 saturated carbocycles. The Morgan fingerprint density at radius 2 is 2.58 bits per heavy atom. The van der Waals surface area contributed by atoms with Crippen LogP contribution in [0.15, 0.2) is 6.20 Å². The fourth-order valence-corrected chi connectivity index (χ4v) is 1.13. The first-order valence-electron chi connectivity index (χ1n) is 4.03. The van der Waals surface area contributed by atoms with Gasteiger partial charge in [0.05, 0.1) is 25.1 Å². The van der Waals surface area contributed by atoms with Crippen molar-refractivity contribution in [2.45, 2.75) is 12.6 Å². The van der Waals surface area contributed by atoms with Crippen molar-refractivity contribution in [3.63, 3.8) is 0 Å². The molecule has 1 aromatic heterocycles. The second-order valence-electron chi connectivity index (χ2n) is 2.91. The number of hydrogen-bond donors (Lipinski definition) is 1. The molecule has 2 heterocycles. The third-order valence-corrected chi connectivity index (χ3v) is 1.91. The molecule has 1 aliphatic heterocycles. The van der Waals surface area contributed by atoms with E-state index in [9.17, 15) is 0 Å². The predicted octanol–water partition coefficient (Wildman–Crippen LogP) is -0.431. The highest BCUT2D eigenvalue weighted by Gasteiger charge is 2.21. The average Bonchev–Trinajstić information content (AvgIpc) is 2.34. The lowest BCUT2D eigenvalue weighted by molar-refractivity contribution is -0.0293. The molecule has 5 heteroatoms. The summed E-state index contributed by atoms with van der Waals surface area (Å²) in [4.78, 5) is 0. The van der Waals surface area contributed by atoms with Crippen molar-refractivity contribution in [2.75, 3.05) is 20.3 Å². The molecular formula is C7H12N4O. The molecule has 1 saturated heterocycles. The SMILES string of the molecule is CNCc1cn(C2COC2)nn1. The maximum Gasteiger partial charge on any atom is 0.100 e. The van der Waals surface area contributed by atoms with E-state index in [4.69, 9.17) is 4.74 Å². The lowest BCUT2D eigenvalue weighted by Crippen LogP contribution is -2.30. The zero-order chi connectivity index (χ0) is 8.39. The predicted molar refractivity (Wildman–Crippen MR) is 42.6 cm³/mol. The minimum Gasteiger partial charge on any atom is -0.377 e. The van der Waals surface area contributed by atoms with Crippen LogP contribution in [0.5, 0.6) is 0 Å². The van der Waals surface area contributed by atoms with E-state index in [0.29, 0.717) is 6.04 Å². The Bertz CT molecular complexity index is 256. The highest BCUT2D eigenvalue weighted by molar-refractivity contribution is 4.93. The minimum absolute atomic E-state index is 0.406. The van der Waals surface area contributed by atoms with Crippen LogP contribution in [0, 0.1) is 0 Å². The van der Waals surface area contributed by atoms with E-state index in [2.05, 4.69) is 15.6 Å². The lowest BCUT2D eigenvalue weighted by atomic mass is 10.3. The van der Waals surface area contributed by atoms with Crippen LogP contribution < -0.4 is 5.32 Å². The first-order chi connectivity index (χ1) is 5.90. The number of rotatable bonds is 3. The number of nitrogens with one attached hydrogen (secondary N) is 1. The van der Waals surface area contributed by atoms with Crippen LogP contribution in [0.25, 0.3) is 0 Å². The lowest BCUT2D eigenvalue weighted by Gasteiger charge is -2.25. The zero-order valence-electron chi connectivity index (χ0n) is 7.03. The number of nitrogens with zero attached hydrogens (tertiary/aromatic N) is 3. The quantitative estimate of drug-likeness (QED) is 0.665. The van der Waals surface area contributed by atoms with E-state index in [-0.39, 0.29) is 0 Å². The zero-order valence-corrected chi connectivity index (χ0v) is 7.03. The van der Waals surface area contributed by atoms with E-state index in [1.54, 1.807) is 0 Å². The number of hydrogen-bond acceptors (Lipinski definition) is 4. The standard InChI is InChI=1S/C7H12N4O/c1-8-2-6-3-11(10-9-6)7-4-12-5-7/h3,7-8H,2,4-5H2,1H3. The number of aromatic nitrogens is 3. The van der Waals surface area contributed by atoms with E-state index < -0.39 is 0 Å². The van der Waals surface area contributed by atoms with Crippen LogP contribution in [0.4, 0.5) is 0 Å². The minimum atomic E-state index is 0.406. The van der Waals surface area contributed by atoms with E-state index in [0.717, 1.165) is 25.5 Å². The summed E-state index contributed by atoms with van der Waals surface area (Å²) in [7, 11) is 1.89. The Kier molecular flexibility index (Phi) is 2.05. The molecule has 0 amide bonds. The molecule has 0 atom stereocenters. The van der Waals surface area contributed by atoms with Gasteiger partial charge in [0.25, 0.3) is 0 Å². The van der Waals surface area contributed by atoms with Gasteiger partial charge in [0.1, 0.15) is 6.04 Å². The molecule has 0 aromatic carbocycles. The summed E-state index contributed by atoms with van der Waals surface area (Å²) in [5.74, 6) is 0. The van der Waals surface area contributed by atoms with Gasteiger partial charge in [-0.15, -0.1) is 5.10 Å². The van der Waals surface area contributed by atoms with Gasteiger partial charge in [0.2, 0.25) is 0 Å². The summed E-state index contributed by atoms with van der Waals surface area (Å²) >= 11 is 0. The fourth-order valence-electron chi connectivity index (χ4n) is 1.13. The van der Waals surface area contributed by atoms with Gasteiger partial charge in [-0.3, -0.25) is 0 Å². The summed E-state index contributed by atoms with van der Waals surface area (Å²) in [6.07, 6.45) is 1.96. The van der Waals surface area contributed by atoms with Crippen LogP contribution in [0.1, 0.15) is 11.7 Å². The average molecular weight is 168 g/mol. The summed E-state index contributed by atoms with van der Waals surface area (Å²) in [5, 5.41) is 11.0. The summed E-state index contributed by atoms with van der Waals surface area (Å²) in [5.41, 5.74) is 0.976. The monoisotopic (exact) mass is 168 g/mol. The van der Waals surface area contributed by atoms with Gasteiger partial charge < -0.3 is 10.1 Å². The smallest absolute Gasteiger partial charge is 0.100 e. The van der Waals surface area contributed by atoms with Crippen LogP contribution in [0.2, 0.25) is 0 Å². The molecule has 66 valence electrons. The Morgan fingerprint density at radius 3 is 3.17 bits per heavy atom. The second kappa shape index (κ2) is 3.20. The largest absolute Gasteiger partial charge is 0.377 e. The molecular weight excluding hydrogens is 156 g/mol. The number of ether oxygens (including phenoxy) is 1. The summed E-state index contributed by atoms with van der Waals surface area (Å²) < 4.78 is 6.93. The van der Waals surface area contributed by atoms with E-state index in [1.165, 1.54) is 0 Å². The van der Waals surface area contributed by atoms with Crippen molar-refractivity contribution >= 4 is 0 Å². The van der Waals surface area contributed by atoms with Gasteiger partial charge in [-0.1, -0.05) is 5.21 Å². The van der Waals surface area contributed by atoms with Crippen molar-refractivity contribution < 1.29 is 4.74 Å². The highest BCUT2D eigenvalue weighted by atomic mass is 16.5. The topological polar surface area (TPSA) is 52.0 Å². The summed E-state index contributed by atoms with van der Waals surface area (Å²) in [6, 6.07) is 0.406. The molecule has 1 aromatic rings. The molecule has 2 rings (SSSR count). The van der Waals surface area contributed by atoms with Gasteiger partial charge in [-0.2, -0.15) is 0 Å². The Hall–Kier alpha value is -0.940. The van der Waals surface area contributed by atoms with Crippen LogP contribution in [-0.4, -0.2) is 35.3 Å². The van der Waals surface area contributed by atoms with Crippen molar-refractivity contribution in [2.24, 2.45) is 0 Å². The van der Waals surface area contributed by atoms with Gasteiger partial charge in [0, 0.05) is 6.54 Å². The molecule has 5 nitrogen and oxygen atoms in total. The summed E-state index contributed by atoms with van der Waals surface area (Å²) in [6.45, 7) is 2.30. The molecule has 1 N–H and O–H groups in total. The normalized spacial score (nSPS) is 17.8. The van der Waals surface area contributed by atoms with Crippen molar-refractivity contribution in [3.05, 3.63) is 11.9 Å². The Balaban J connectivity index is 2.02. The third kappa shape index (κ3) is 1.33. The van der Waals surface area contributed by atoms with E-state index >= 15 is 0 Å². The molecule has 0 bridgehead atoms. The molecule has 0 unspecified atom stereocenters. The maximum atomic E-state index is 5.05. The molecule has 12 heavy (non-hydrogen) atoms. The van der Waals surface area contributed by atoms with Gasteiger partial charge in [-0.05, 0) is 7.05 Å². The first-order valence-corrected chi connectivity index (χ1v) is 4.03. The molecule has 0 aliphatic carbocycles. The van der Waals surface area contributed by atoms with Crippen molar-refractivity contribution in [3.8, 4) is 0 Å². The fraction of sp³-hybridized carbons (Fsp3) is 0.714. The van der Waals surface area contributed by atoms with Crippen molar-refractivity contribution in [1.29, 1.82) is 0 Å². The van der Waals surface area contributed by atoms with Crippen LogP contribution in [0.3, 0.4) is 0 Å². The first kappa shape index (κ1) is 7.70. The van der Waals surface area contributed by atoms with Crippen molar-refractivity contribution in [1.82, 2.24) is 20.3 Å². The maximum absolute atomic E-state index is 5.05. The highest BCUT2D eigenvalue weighted by Crippen LogP contribution is 2.15. The Labute approximate surface area is 70.7 Å². The molecule has 1 aliphatic rings. The van der Waals surface area contributed by atoms with E-state index in [1.807, 2.05) is 17.9 Å². The third-order valence-electron chi connectivity index (χ3n) is 1.91. The van der Waals surface area contributed by atoms with Gasteiger partial charge in [0.15, 0.2) is 0 Å². The van der Waals surface area contributed by atoms with Crippen LogP contribution in [-0.2, 0) is 11.3 Å². The van der Waals surface area contributed by atoms with Gasteiger partial charge in [-0.25, -0.2) is 4.68 Å². The molecule has 0 spiro atoms. The van der Waals surface area contributed by atoms with Crippen LogP contribution >= 0.6 is 0 Å². The molecule has 0 radical (unpaired) electrons. The second-order valence-corrected chi connectivity index (χ2v) is 2.91. The molecule has 1 fully saturated rings.